The second-order valence-electron chi connectivity index (χ2n) is 8.57. The fraction of sp³-hybridized carbons (Fsp3) is 0.417. The summed E-state index contributed by atoms with van der Waals surface area (Å²) < 4.78 is 7.03. The molecule has 1 aliphatic carbocycles. The third-order valence-electron chi connectivity index (χ3n) is 5.55. The van der Waals surface area contributed by atoms with Gasteiger partial charge in [-0.1, -0.05) is 29.8 Å². The molecule has 8 heteroatoms. The Morgan fingerprint density at radius 3 is 2.66 bits per heavy atom. The number of fused-ring (bicyclic) bond motifs is 1. The molecule has 2 heterocycles. The Kier molecular flexibility index (Phi) is 6.20. The highest BCUT2D eigenvalue weighted by Gasteiger charge is 2.30. The van der Waals surface area contributed by atoms with E-state index >= 15 is 0 Å². The molecular weight excluding hydrogens is 428 g/mol. The summed E-state index contributed by atoms with van der Waals surface area (Å²) in [7, 11) is 1.83. The summed E-state index contributed by atoms with van der Waals surface area (Å²) in [6.45, 7) is 5.45. The van der Waals surface area contributed by atoms with Crippen molar-refractivity contribution in [2.24, 2.45) is 7.05 Å². The van der Waals surface area contributed by atoms with Crippen molar-refractivity contribution in [1.82, 2.24) is 20.1 Å². The number of hydrogen-bond acceptors (Lipinski definition) is 5. The number of pyridine rings is 1. The largest absolute Gasteiger partial charge is 0.463 e. The zero-order valence-electron chi connectivity index (χ0n) is 18.7. The van der Waals surface area contributed by atoms with E-state index in [0.717, 1.165) is 29.6 Å². The van der Waals surface area contributed by atoms with Crippen LogP contribution in [0.25, 0.3) is 11.0 Å². The number of carbonyl (C=O) groups excluding carboxylic acids is 2. The Hall–Kier alpha value is -2.93. The van der Waals surface area contributed by atoms with E-state index in [4.69, 9.17) is 21.3 Å². The van der Waals surface area contributed by atoms with E-state index in [-0.39, 0.29) is 18.4 Å². The Balaban J connectivity index is 1.71. The van der Waals surface area contributed by atoms with Crippen LogP contribution >= 0.6 is 11.6 Å². The molecule has 1 amide bonds. The van der Waals surface area contributed by atoms with Crippen molar-refractivity contribution >= 4 is 34.5 Å². The minimum Gasteiger partial charge on any atom is -0.463 e. The number of hydrogen-bond donors (Lipinski definition) is 1. The minimum absolute atomic E-state index is 0.0244. The van der Waals surface area contributed by atoms with Gasteiger partial charge in [0, 0.05) is 23.7 Å². The molecule has 2 aromatic heterocycles. The Bertz CT molecular complexity index is 1180. The zero-order chi connectivity index (χ0) is 23.0. The van der Waals surface area contributed by atoms with Crippen LogP contribution < -0.4 is 5.32 Å². The lowest BCUT2D eigenvalue weighted by Gasteiger charge is -2.21. The quantitative estimate of drug-likeness (QED) is 0.526. The highest BCUT2D eigenvalue weighted by Crippen LogP contribution is 2.40. The summed E-state index contributed by atoms with van der Waals surface area (Å²) in [6.07, 6.45) is 1.87. The van der Waals surface area contributed by atoms with Crippen LogP contribution in [-0.2, 0) is 16.6 Å². The molecule has 1 saturated carbocycles. The average molecular weight is 455 g/mol. The first-order valence-corrected chi connectivity index (χ1v) is 11.2. The average Bonchev–Trinajstić information content (AvgIpc) is 3.53. The molecule has 1 N–H and O–H groups in total. The van der Waals surface area contributed by atoms with Gasteiger partial charge < -0.3 is 10.1 Å². The van der Waals surface area contributed by atoms with Gasteiger partial charge in [0.25, 0.3) is 5.91 Å². The minimum atomic E-state index is -0.632. The third kappa shape index (κ3) is 4.63. The summed E-state index contributed by atoms with van der Waals surface area (Å²) in [5, 5.41) is 8.68. The van der Waals surface area contributed by atoms with Crippen LogP contribution in [0.3, 0.4) is 0 Å². The highest BCUT2D eigenvalue weighted by atomic mass is 35.5. The number of amides is 1. The number of nitrogens with one attached hydrogen (secondary N) is 1. The molecule has 0 saturated heterocycles. The number of ether oxygens (including phenoxy) is 1. The topological polar surface area (TPSA) is 86.1 Å². The van der Waals surface area contributed by atoms with E-state index in [1.54, 1.807) is 24.6 Å². The fourth-order valence-electron chi connectivity index (χ4n) is 3.94. The molecule has 32 heavy (non-hydrogen) atoms. The predicted molar refractivity (Wildman–Crippen MR) is 123 cm³/mol. The maximum absolute atomic E-state index is 13.5. The van der Waals surface area contributed by atoms with Crippen molar-refractivity contribution in [1.29, 1.82) is 0 Å². The van der Waals surface area contributed by atoms with Gasteiger partial charge >= 0.3 is 5.97 Å². The summed E-state index contributed by atoms with van der Waals surface area (Å²) in [5.41, 5.74) is 3.50. The number of halogens is 1. The summed E-state index contributed by atoms with van der Waals surface area (Å²) in [4.78, 5) is 30.7. The molecule has 1 unspecified atom stereocenters. The Morgan fingerprint density at radius 2 is 2.00 bits per heavy atom. The molecule has 0 radical (unpaired) electrons. The van der Waals surface area contributed by atoms with Crippen molar-refractivity contribution < 1.29 is 14.3 Å². The van der Waals surface area contributed by atoms with E-state index in [1.807, 2.05) is 38.2 Å². The molecule has 1 aliphatic rings. The monoisotopic (exact) mass is 454 g/mol. The summed E-state index contributed by atoms with van der Waals surface area (Å²) >= 11 is 6.41. The normalized spacial score (nSPS) is 14.6. The van der Waals surface area contributed by atoms with Crippen LogP contribution in [0.4, 0.5) is 0 Å². The molecule has 168 valence electrons. The molecule has 1 atom stereocenters. The maximum Gasteiger partial charge on any atom is 0.308 e. The number of aryl methyl sites for hydroxylation is 2. The first kappa shape index (κ1) is 22.3. The molecule has 7 nitrogen and oxygen atoms in total. The molecule has 1 aromatic carbocycles. The first-order valence-electron chi connectivity index (χ1n) is 10.8. The van der Waals surface area contributed by atoms with Crippen LogP contribution in [0.15, 0.2) is 30.3 Å². The van der Waals surface area contributed by atoms with Gasteiger partial charge in [-0.25, -0.2) is 4.98 Å². The van der Waals surface area contributed by atoms with Gasteiger partial charge in [0.15, 0.2) is 5.65 Å². The number of esters is 1. The molecule has 0 aliphatic heterocycles. The second-order valence-corrected chi connectivity index (χ2v) is 8.97. The van der Waals surface area contributed by atoms with Gasteiger partial charge in [0.1, 0.15) is 0 Å². The standard InChI is InChI=1S/C24H27ClN4O3/c1-13(2)32-21(30)12-20(16-7-5-6-8-18(16)25)27-24(31)17-11-19(15-9-10-15)26-23-22(17)14(3)28-29(23)4/h5-8,11,13,15,20H,9-10,12H2,1-4H3,(H,27,31). The lowest BCUT2D eigenvalue weighted by atomic mass is 10.0. The van der Waals surface area contributed by atoms with Crippen molar-refractivity contribution in [2.45, 2.75) is 58.1 Å². The van der Waals surface area contributed by atoms with E-state index < -0.39 is 12.0 Å². The van der Waals surface area contributed by atoms with Gasteiger partial charge in [-0.05, 0) is 51.3 Å². The van der Waals surface area contributed by atoms with Gasteiger partial charge in [-0.2, -0.15) is 5.10 Å². The van der Waals surface area contributed by atoms with Crippen LogP contribution in [0.5, 0.6) is 0 Å². The number of benzene rings is 1. The first-order chi connectivity index (χ1) is 15.2. The summed E-state index contributed by atoms with van der Waals surface area (Å²) in [6, 6.07) is 8.42. The van der Waals surface area contributed by atoms with Crippen molar-refractivity contribution in [3.05, 3.63) is 57.9 Å². The number of rotatable bonds is 7. The smallest absolute Gasteiger partial charge is 0.308 e. The predicted octanol–water partition coefficient (Wildman–Crippen LogP) is 4.62. The van der Waals surface area contributed by atoms with E-state index in [1.165, 1.54) is 0 Å². The van der Waals surface area contributed by atoms with Crippen molar-refractivity contribution in [3.63, 3.8) is 0 Å². The zero-order valence-corrected chi connectivity index (χ0v) is 19.4. The van der Waals surface area contributed by atoms with E-state index in [0.29, 0.717) is 27.7 Å². The number of aromatic nitrogens is 3. The van der Waals surface area contributed by atoms with Crippen LogP contribution in [0, 0.1) is 6.92 Å². The lowest BCUT2D eigenvalue weighted by molar-refractivity contribution is -0.147. The van der Waals surface area contributed by atoms with Gasteiger partial charge in [0.2, 0.25) is 0 Å². The third-order valence-corrected chi connectivity index (χ3v) is 5.90. The highest BCUT2D eigenvalue weighted by molar-refractivity contribution is 6.31. The van der Waals surface area contributed by atoms with Gasteiger partial charge in [0.05, 0.1) is 35.2 Å². The van der Waals surface area contributed by atoms with Gasteiger partial charge in [-0.3, -0.25) is 14.3 Å². The number of carbonyl (C=O) groups is 2. The summed E-state index contributed by atoms with van der Waals surface area (Å²) in [5.74, 6) is -0.319. The second kappa shape index (κ2) is 8.90. The lowest BCUT2D eigenvalue weighted by Crippen LogP contribution is -2.31. The van der Waals surface area contributed by atoms with Crippen LogP contribution in [0.2, 0.25) is 5.02 Å². The Labute approximate surface area is 192 Å². The molecule has 4 rings (SSSR count). The van der Waals surface area contributed by atoms with Gasteiger partial charge in [-0.15, -0.1) is 0 Å². The van der Waals surface area contributed by atoms with Crippen LogP contribution in [-0.4, -0.2) is 32.7 Å². The molecule has 1 fully saturated rings. The molecule has 0 spiro atoms. The number of nitrogens with zero attached hydrogens (tertiary/aromatic N) is 3. The fourth-order valence-corrected chi connectivity index (χ4v) is 4.21. The molecular formula is C24H27ClN4O3. The van der Waals surface area contributed by atoms with E-state index in [9.17, 15) is 9.59 Å². The van der Waals surface area contributed by atoms with Crippen molar-refractivity contribution in [3.8, 4) is 0 Å². The SMILES string of the molecule is Cc1nn(C)c2nc(C3CC3)cc(C(=O)NC(CC(=O)OC(C)C)c3ccccc3Cl)c12. The van der Waals surface area contributed by atoms with Crippen LogP contribution in [0.1, 0.15) is 72.4 Å². The van der Waals surface area contributed by atoms with Crippen molar-refractivity contribution in [2.75, 3.05) is 0 Å². The van der Waals surface area contributed by atoms with E-state index in [2.05, 4.69) is 10.4 Å². The maximum atomic E-state index is 13.5. The Morgan fingerprint density at radius 1 is 1.28 bits per heavy atom. The molecule has 3 aromatic rings. The molecule has 0 bridgehead atoms.